The van der Waals surface area contributed by atoms with Crippen molar-refractivity contribution in [3.63, 3.8) is 0 Å². The zero-order chi connectivity index (χ0) is 14.0. The molecule has 1 fully saturated rings. The van der Waals surface area contributed by atoms with E-state index in [9.17, 15) is 23.1 Å². The fraction of sp³-hybridized carbons (Fsp3) is 0.417. The van der Waals surface area contributed by atoms with Crippen LogP contribution in [0, 0.1) is 0 Å². The number of carbonyl (C=O) groups excluding carboxylic acids is 1. The third kappa shape index (κ3) is 4.09. The number of anilines is 1. The van der Waals surface area contributed by atoms with E-state index in [4.69, 9.17) is 0 Å². The summed E-state index contributed by atoms with van der Waals surface area (Å²) in [6.45, 7) is 0.306. The molecule has 1 saturated heterocycles. The van der Waals surface area contributed by atoms with Crippen molar-refractivity contribution in [2.75, 3.05) is 11.9 Å². The van der Waals surface area contributed by atoms with E-state index in [-0.39, 0.29) is 24.5 Å². The predicted octanol–water partition coefficient (Wildman–Crippen LogP) is 1.79. The van der Waals surface area contributed by atoms with Gasteiger partial charge in [0.15, 0.2) is 0 Å². The monoisotopic (exact) mass is 310 g/mol. The molecule has 8 heteroatoms. The summed E-state index contributed by atoms with van der Waals surface area (Å²) >= 11 is 0. The Morgan fingerprint density at radius 3 is 2.65 bits per heavy atom. The van der Waals surface area contributed by atoms with Crippen LogP contribution >= 0.6 is 12.4 Å². The van der Waals surface area contributed by atoms with Crippen LogP contribution in [0.15, 0.2) is 24.3 Å². The first kappa shape index (κ1) is 16.7. The topological polar surface area (TPSA) is 61.4 Å². The third-order valence-corrected chi connectivity index (χ3v) is 2.88. The molecule has 0 radical (unpaired) electrons. The van der Waals surface area contributed by atoms with Crippen LogP contribution in [0.25, 0.3) is 0 Å². The minimum Gasteiger partial charge on any atom is -0.392 e. The lowest BCUT2D eigenvalue weighted by Crippen LogP contribution is -2.35. The molecule has 2 atom stereocenters. The number of alkyl halides is 3. The number of rotatable bonds is 2. The zero-order valence-electron chi connectivity index (χ0n) is 10.3. The quantitative estimate of drug-likeness (QED) is 0.780. The number of amides is 1. The number of β-amino-alcohol motifs (C(OH)–C–C–N with tert-alkyl or cyclic N) is 1. The van der Waals surface area contributed by atoms with E-state index in [0.717, 1.165) is 12.1 Å². The Hall–Kier alpha value is -1.31. The second-order valence-corrected chi connectivity index (χ2v) is 4.42. The lowest BCUT2D eigenvalue weighted by Gasteiger charge is -2.13. The van der Waals surface area contributed by atoms with Crippen molar-refractivity contribution in [2.24, 2.45) is 0 Å². The van der Waals surface area contributed by atoms with E-state index in [0.29, 0.717) is 6.54 Å². The van der Waals surface area contributed by atoms with Gasteiger partial charge in [0.1, 0.15) is 0 Å². The van der Waals surface area contributed by atoms with E-state index in [1.165, 1.54) is 12.1 Å². The van der Waals surface area contributed by atoms with Crippen molar-refractivity contribution < 1.29 is 23.1 Å². The molecule has 0 bridgehead atoms. The van der Waals surface area contributed by atoms with Crippen LogP contribution in [0.1, 0.15) is 12.0 Å². The average molecular weight is 311 g/mol. The molecule has 0 saturated carbocycles. The van der Waals surface area contributed by atoms with Gasteiger partial charge in [-0.2, -0.15) is 13.2 Å². The Bertz CT molecular complexity index is 482. The molecule has 0 spiro atoms. The van der Waals surface area contributed by atoms with Gasteiger partial charge in [0.25, 0.3) is 0 Å². The maximum absolute atomic E-state index is 12.5. The summed E-state index contributed by atoms with van der Waals surface area (Å²) < 4.78 is 37.5. The normalized spacial score (nSPS) is 22.2. The van der Waals surface area contributed by atoms with Crippen molar-refractivity contribution in [1.82, 2.24) is 5.32 Å². The van der Waals surface area contributed by atoms with Crippen LogP contribution in [0.4, 0.5) is 18.9 Å². The van der Waals surface area contributed by atoms with Crippen LogP contribution in [0.5, 0.6) is 0 Å². The highest BCUT2D eigenvalue weighted by Crippen LogP contribution is 2.30. The van der Waals surface area contributed by atoms with Gasteiger partial charge in [-0.05, 0) is 24.6 Å². The fourth-order valence-corrected chi connectivity index (χ4v) is 1.92. The van der Waals surface area contributed by atoms with Crippen molar-refractivity contribution in [2.45, 2.75) is 24.7 Å². The van der Waals surface area contributed by atoms with Crippen molar-refractivity contribution in [3.8, 4) is 0 Å². The smallest absolute Gasteiger partial charge is 0.392 e. The molecule has 1 amide bonds. The number of carbonyl (C=O) groups is 1. The number of aliphatic hydroxyl groups is 1. The highest BCUT2D eigenvalue weighted by Gasteiger charge is 2.31. The largest absolute Gasteiger partial charge is 0.416 e. The average Bonchev–Trinajstić information content (AvgIpc) is 2.75. The Morgan fingerprint density at radius 1 is 1.40 bits per heavy atom. The summed E-state index contributed by atoms with van der Waals surface area (Å²) in [5.74, 6) is -0.448. The summed E-state index contributed by atoms with van der Waals surface area (Å²) in [5.41, 5.74) is -0.729. The molecule has 0 aliphatic carbocycles. The molecular formula is C12H14ClF3N2O2. The van der Waals surface area contributed by atoms with Gasteiger partial charge < -0.3 is 15.7 Å². The molecule has 1 aliphatic heterocycles. The van der Waals surface area contributed by atoms with Crippen molar-refractivity contribution >= 4 is 24.0 Å². The van der Waals surface area contributed by atoms with Crippen molar-refractivity contribution in [3.05, 3.63) is 29.8 Å². The molecule has 2 rings (SSSR count). The SMILES string of the molecule is Cl.O=C(Nc1cccc(C(F)(F)F)c1)C1CC(O)CN1. The maximum Gasteiger partial charge on any atom is 0.416 e. The number of halogens is 4. The van der Waals surface area contributed by atoms with Gasteiger partial charge in [-0.25, -0.2) is 0 Å². The molecule has 3 N–H and O–H groups in total. The number of benzene rings is 1. The highest BCUT2D eigenvalue weighted by molar-refractivity contribution is 5.95. The van der Waals surface area contributed by atoms with E-state index in [2.05, 4.69) is 10.6 Å². The van der Waals surface area contributed by atoms with Gasteiger partial charge in [0, 0.05) is 12.2 Å². The number of hydrogen-bond donors (Lipinski definition) is 3. The molecule has 1 aromatic carbocycles. The maximum atomic E-state index is 12.5. The lowest BCUT2D eigenvalue weighted by atomic mass is 10.1. The van der Waals surface area contributed by atoms with Gasteiger partial charge in [-0.3, -0.25) is 4.79 Å². The molecular weight excluding hydrogens is 297 g/mol. The van der Waals surface area contributed by atoms with Gasteiger partial charge in [0.05, 0.1) is 17.7 Å². The van der Waals surface area contributed by atoms with Crippen LogP contribution < -0.4 is 10.6 Å². The van der Waals surface area contributed by atoms with Crippen LogP contribution in [-0.2, 0) is 11.0 Å². The molecule has 20 heavy (non-hydrogen) atoms. The molecule has 1 aromatic rings. The van der Waals surface area contributed by atoms with Gasteiger partial charge >= 0.3 is 6.18 Å². The Balaban J connectivity index is 0.00000200. The van der Waals surface area contributed by atoms with Gasteiger partial charge in [0.2, 0.25) is 5.91 Å². The fourth-order valence-electron chi connectivity index (χ4n) is 1.92. The summed E-state index contributed by atoms with van der Waals surface area (Å²) in [4.78, 5) is 11.8. The standard InChI is InChI=1S/C12H13F3N2O2.ClH/c13-12(14,15)7-2-1-3-8(4-7)17-11(19)10-5-9(18)6-16-10;/h1-4,9-10,16,18H,5-6H2,(H,17,19);1H. The molecule has 112 valence electrons. The van der Waals surface area contributed by atoms with Crippen molar-refractivity contribution in [1.29, 1.82) is 0 Å². The van der Waals surface area contributed by atoms with E-state index in [1.807, 2.05) is 0 Å². The first-order valence-electron chi connectivity index (χ1n) is 5.76. The third-order valence-electron chi connectivity index (χ3n) is 2.88. The van der Waals surface area contributed by atoms with E-state index in [1.54, 1.807) is 0 Å². The van der Waals surface area contributed by atoms with Crippen LogP contribution in [-0.4, -0.2) is 29.7 Å². The minimum atomic E-state index is -4.44. The van der Waals surface area contributed by atoms with E-state index < -0.39 is 29.8 Å². The zero-order valence-corrected chi connectivity index (χ0v) is 11.1. The minimum absolute atomic E-state index is 0. The number of hydrogen-bond acceptors (Lipinski definition) is 3. The lowest BCUT2D eigenvalue weighted by molar-refractivity contribution is -0.137. The van der Waals surface area contributed by atoms with Gasteiger partial charge in [-0.15, -0.1) is 12.4 Å². The molecule has 1 heterocycles. The number of aliphatic hydroxyl groups excluding tert-OH is 1. The van der Waals surface area contributed by atoms with E-state index >= 15 is 0 Å². The molecule has 1 aliphatic rings. The predicted molar refractivity (Wildman–Crippen MR) is 69.7 cm³/mol. The first-order chi connectivity index (χ1) is 8.86. The Kier molecular flexibility index (Phi) is 5.38. The number of nitrogens with one attached hydrogen (secondary N) is 2. The summed E-state index contributed by atoms with van der Waals surface area (Å²) in [6, 6.07) is 3.86. The second-order valence-electron chi connectivity index (χ2n) is 4.42. The first-order valence-corrected chi connectivity index (χ1v) is 5.76. The van der Waals surface area contributed by atoms with Crippen LogP contribution in [0.3, 0.4) is 0 Å². The summed E-state index contributed by atoms with van der Waals surface area (Å²) in [7, 11) is 0. The van der Waals surface area contributed by atoms with Crippen LogP contribution in [0.2, 0.25) is 0 Å². The molecule has 0 aromatic heterocycles. The highest BCUT2D eigenvalue weighted by atomic mass is 35.5. The second kappa shape index (κ2) is 6.43. The van der Waals surface area contributed by atoms with Gasteiger partial charge in [-0.1, -0.05) is 6.07 Å². The molecule has 2 unspecified atom stereocenters. The Morgan fingerprint density at radius 2 is 2.10 bits per heavy atom. The Labute approximate surface area is 119 Å². The molecule has 4 nitrogen and oxygen atoms in total. The summed E-state index contributed by atoms with van der Waals surface area (Å²) in [5, 5.41) is 14.5. The summed E-state index contributed by atoms with van der Waals surface area (Å²) in [6.07, 6.45) is -4.79.